The Kier molecular flexibility index (Phi) is 5.28. The molecule has 0 spiro atoms. The number of carbonyl (C=O) groups excluding carboxylic acids is 2. The van der Waals surface area contributed by atoms with Gasteiger partial charge >= 0.3 is 0 Å². The molecule has 0 atom stereocenters. The molecule has 2 heterocycles. The molecule has 2 aromatic rings. The number of aryl methyl sites for hydroxylation is 2. The molecule has 4 nitrogen and oxygen atoms in total. The lowest BCUT2D eigenvalue weighted by atomic mass is 10.0. The summed E-state index contributed by atoms with van der Waals surface area (Å²) in [5, 5.41) is 0.210. The molecule has 1 aromatic carbocycles. The summed E-state index contributed by atoms with van der Waals surface area (Å²) in [4.78, 5) is 32.1. The van der Waals surface area contributed by atoms with Crippen molar-refractivity contribution in [3.05, 3.63) is 69.9 Å². The molecule has 5 heteroatoms. The van der Waals surface area contributed by atoms with Crippen LogP contribution in [0.2, 0.25) is 0 Å². The van der Waals surface area contributed by atoms with Gasteiger partial charge in [-0.25, -0.2) is 0 Å². The van der Waals surface area contributed by atoms with Crippen molar-refractivity contribution in [2.24, 2.45) is 0 Å². The lowest BCUT2D eigenvalue weighted by molar-refractivity contribution is -0.137. The number of nitrogens with zero attached hydrogens (tertiary/aromatic N) is 2. The van der Waals surface area contributed by atoms with Crippen LogP contribution in [-0.2, 0) is 16.1 Å². The summed E-state index contributed by atoms with van der Waals surface area (Å²) >= 11 is 1.45. The number of pyridine rings is 1. The Morgan fingerprint density at radius 3 is 2.46 bits per heavy atom. The van der Waals surface area contributed by atoms with Crippen molar-refractivity contribution in [2.75, 3.05) is 0 Å². The third-order valence-electron chi connectivity index (χ3n) is 4.34. The molecule has 1 aliphatic rings. The van der Waals surface area contributed by atoms with E-state index in [1.54, 1.807) is 12.4 Å². The molecule has 1 aliphatic heterocycles. The van der Waals surface area contributed by atoms with Gasteiger partial charge in [0.05, 0.1) is 17.0 Å². The van der Waals surface area contributed by atoms with Gasteiger partial charge in [0, 0.05) is 17.6 Å². The second-order valence-electron chi connectivity index (χ2n) is 6.73. The first kappa shape index (κ1) is 18.4. The molecule has 134 valence electrons. The van der Waals surface area contributed by atoms with Crippen LogP contribution < -0.4 is 0 Å². The van der Waals surface area contributed by atoms with Crippen LogP contribution in [0.5, 0.6) is 0 Å². The average Bonchev–Trinajstić information content (AvgIpc) is 2.82. The maximum Gasteiger partial charge on any atom is 0.268 e. The normalized spacial score (nSPS) is 14.7. The second kappa shape index (κ2) is 7.46. The molecule has 3 rings (SSSR count). The average molecular weight is 366 g/mol. The standard InChI is InChI=1S/C21H22N2O2S/c1-13(2)26-19-18(17-8-7-14(3)15(4)10-17)20(24)23(21(19)25)12-16-6-5-9-22-11-16/h5-11,13H,12H2,1-4H3. The van der Waals surface area contributed by atoms with Crippen molar-refractivity contribution >= 4 is 29.1 Å². The molecule has 1 aromatic heterocycles. The Hall–Kier alpha value is -2.40. The van der Waals surface area contributed by atoms with Gasteiger partial charge in [-0.2, -0.15) is 0 Å². The van der Waals surface area contributed by atoms with E-state index in [0.29, 0.717) is 10.5 Å². The lowest BCUT2D eigenvalue weighted by Gasteiger charge is -2.15. The molecule has 0 saturated heterocycles. The van der Waals surface area contributed by atoms with Gasteiger partial charge in [-0.1, -0.05) is 38.1 Å². The number of hydrogen-bond acceptors (Lipinski definition) is 4. The van der Waals surface area contributed by atoms with E-state index in [2.05, 4.69) is 4.98 Å². The molecule has 2 amide bonds. The fraction of sp³-hybridized carbons (Fsp3) is 0.286. The van der Waals surface area contributed by atoms with Crippen LogP contribution in [0.3, 0.4) is 0 Å². The summed E-state index contributed by atoms with van der Waals surface area (Å²) in [6.45, 7) is 8.34. The van der Waals surface area contributed by atoms with Crippen molar-refractivity contribution in [3.63, 3.8) is 0 Å². The Morgan fingerprint density at radius 1 is 1.08 bits per heavy atom. The Labute approximate surface area is 158 Å². The van der Waals surface area contributed by atoms with E-state index >= 15 is 0 Å². The maximum absolute atomic E-state index is 13.1. The van der Waals surface area contributed by atoms with E-state index in [1.165, 1.54) is 16.7 Å². The van der Waals surface area contributed by atoms with Crippen LogP contribution in [0.1, 0.15) is 36.1 Å². The van der Waals surface area contributed by atoms with Crippen LogP contribution in [0.4, 0.5) is 0 Å². The third kappa shape index (κ3) is 3.58. The first-order valence-electron chi connectivity index (χ1n) is 8.62. The maximum atomic E-state index is 13.1. The van der Waals surface area contributed by atoms with Crippen LogP contribution in [0.25, 0.3) is 5.57 Å². The molecule has 0 unspecified atom stereocenters. The van der Waals surface area contributed by atoms with Crippen LogP contribution >= 0.6 is 11.8 Å². The van der Waals surface area contributed by atoms with Crippen molar-refractivity contribution in [2.45, 2.75) is 39.5 Å². The van der Waals surface area contributed by atoms with Crippen molar-refractivity contribution < 1.29 is 9.59 Å². The molecular formula is C21H22N2O2S. The summed E-state index contributed by atoms with van der Waals surface area (Å²) in [7, 11) is 0. The number of aromatic nitrogens is 1. The molecule has 0 radical (unpaired) electrons. The number of rotatable bonds is 5. The Balaban J connectivity index is 2.02. The van der Waals surface area contributed by atoms with Gasteiger partial charge in [0.2, 0.25) is 0 Å². The SMILES string of the molecule is Cc1ccc(C2=C(SC(C)C)C(=O)N(Cc3cccnc3)C2=O)cc1C. The molecule has 0 bridgehead atoms. The van der Waals surface area contributed by atoms with E-state index in [9.17, 15) is 9.59 Å². The highest BCUT2D eigenvalue weighted by Crippen LogP contribution is 2.38. The number of amides is 2. The Morgan fingerprint density at radius 2 is 1.85 bits per heavy atom. The highest BCUT2D eigenvalue weighted by atomic mass is 32.2. The predicted molar refractivity (Wildman–Crippen MR) is 105 cm³/mol. The number of thioether (sulfide) groups is 1. The monoisotopic (exact) mass is 366 g/mol. The van der Waals surface area contributed by atoms with Gasteiger partial charge in [0.25, 0.3) is 11.8 Å². The molecule has 26 heavy (non-hydrogen) atoms. The van der Waals surface area contributed by atoms with Gasteiger partial charge in [-0.15, -0.1) is 11.8 Å². The van der Waals surface area contributed by atoms with Crippen molar-refractivity contribution in [1.82, 2.24) is 9.88 Å². The van der Waals surface area contributed by atoms with E-state index in [1.807, 2.05) is 58.0 Å². The minimum atomic E-state index is -0.231. The summed E-state index contributed by atoms with van der Waals surface area (Å²) in [6, 6.07) is 9.59. The molecule has 0 fully saturated rings. The first-order valence-corrected chi connectivity index (χ1v) is 9.50. The fourth-order valence-electron chi connectivity index (χ4n) is 2.87. The lowest BCUT2D eigenvalue weighted by Crippen LogP contribution is -2.31. The minimum Gasteiger partial charge on any atom is -0.269 e. The van der Waals surface area contributed by atoms with E-state index < -0.39 is 0 Å². The molecular weight excluding hydrogens is 344 g/mol. The van der Waals surface area contributed by atoms with Gasteiger partial charge in [-0.3, -0.25) is 19.5 Å². The summed E-state index contributed by atoms with van der Waals surface area (Å²) in [5.41, 5.74) is 4.43. The third-order valence-corrected chi connectivity index (χ3v) is 5.42. The zero-order chi connectivity index (χ0) is 18.8. The van der Waals surface area contributed by atoms with Crippen LogP contribution in [-0.4, -0.2) is 26.9 Å². The van der Waals surface area contributed by atoms with E-state index in [-0.39, 0.29) is 23.6 Å². The molecule has 0 aliphatic carbocycles. The minimum absolute atomic E-state index is 0.210. The first-order chi connectivity index (χ1) is 12.4. The van der Waals surface area contributed by atoms with Crippen molar-refractivity contribution in [1.29, 1.82) is 0 Å². The van der Waals surface area contributed by atoms with Gasteiger partial charge in [0.1, 0.15) is 0 Å². The van der Waals surface area contributed by atoms with Crippen LogP contribution in [0.15, 0.2) is 47.6 Å². The van der Waals surface area contributed by atoms with Gasteiger partial charge in [-0.05, 0) is 42.2 Å². The summed E-state index contributed by atoms with van der Waals surface area (Å²) in [5.74, 6) is -0.448. The highest BCUT2D eigenvalue weighted by Gasteiger charge is 2.39. The summed E-state index contributed by atoms with van der Waals surface area (Å²) < 4.78 is 0. The fourth-order valence-corrected chi connectivity index (χ4v) is 3.87. The Bertz CT molecular complexity index is 888. The number of benzene rings is 1. The number of carbonyl (C=O) groups is 2. The number of imide groups is 1. The second-order valence-corrected chi connectivity index (χ2v) is 8.31. The smallest absolute Gasteiger partial charge is 0.268 e. The summed E-state index contributed by atoms with van der Waals surface area (Å²) in [6.07, 6.45) is 3.36. The predicted octanol–water partition coefficient (Wildman–Crippen LogP) is 4.12. The van der Waals surface area contributed by atoms with Crippen LogP contribution in [0, 0.1) is 13.8 Å². The topological polar surface area (TPSA) is 50.3 Å². The zero-order valence-electron chi connectivity index (χ0n) is 15.4. The quantitative estimate of drug-likeness (QED) is 0.747. The molecule has 0 saturated carbocycles. The number of hydrogen-bond donors (Lipinski definition) is 0. The molecule has 0 N–H and O–H groups in total. The van der Waals surface area contributed by atoms with Gasteiger partial charge in [0.15, 0.2) is 0 Å². The largest absolute Gasteiger partial charge is 0.269 e. The zero-order valence-corrected chi connectivity index (χ0v) is 16.3. The highest BCUT2D eigenvalue weighted by molar-refractivity contribution is 8.04. The van der Waals surface area contributed by atoms with Crippen molar-refractivity contribution in [3.8, 4) is 0 Å². The van der Waals surface area contributed by atoms with Gasteiger partial charge < -0.3 is 0 Å². The van der Waals surface area contributed by atoms with E-state index in [4.69, 9.17) is 0 Å². The van der Waals surface area contributed by atoms with E-state index in [0.717, 1.165) is 22.3 Å².